The zero-order valence-corrected chi connectivity index (χ0v) is 13.3. The van der Waals surface area contributed by atoms with Crippen molar-refractivity contribution in [1.82, 2.24) is 9.55 Å². The molecule has 2 N–H and O–H groups in total. The first-order valence-corrected chi connectivity index (χ1v) is 8.03. The van der Waals surface area contributed by atoms with E-state index in [0.29, 0.717) is 0 Å². The molecule has 102 valence electrons. The number of halogens is 1. The lowest BCUT2D eigenvalue weighted by Gasteiger charge is -2.11. The van der Waals surface area contributed by atoms with E-state index in [1.165, 1.54) is 4.90 Å². The number of thioether (sulfide) groups is 1. The molecule has 0 aliphatic carbocycles. The molecule has 1 unspecified atom stereocenters. The number of aromatic nitrogens is 2. The van der Waals surface area contributed by atoms with Crippen LogP contribution in [0.5, 0.6) is 0 Å². The molecule has 0 radical (unpaired) electrons. The van der Waals surface area contributed by atoms with Gasteiger partial charge in [0.25, 0.3) is 0 Å². The first kappa shape index (κ1) is 14.6. The summed E-state index contributed by atoms with van der Waals surface area (Å²) in [6, 6.07) is 8.51. The Kier molecular flexibility index (Phi) is 5.48. The maximum absolute atomic E-state index is 6.16. The van der Waals surface area contributed by atoms with Gasteiger partial charge in [0.15, 0.2) is 0 Å². The van der Waals surface area contributed by atoms with Crippen LogP contribution in [0, 0.1) is 0 Å². The summed E-state index contributed by atoms with van der Waals surface area (Å²) in [5.74, 6) is 2.03. The minimum absolute atomic E-state index is 0.195. The second-order valence-electron chi connectivity index (χ2n) is 4.52. The molecule has 2 rings (SSSR count). The minimum Gasteiger partial charge on any atom is -0.338 e. The normalized spacial score (nSPS) is 12.6. The molecular formula is C14H18BrN3S. The quantitative estimate of drug-likeness (QED) is 0.821. The highest BCUT2D eigenvalue weighted by Gasteiger charge is 2.07. The van der Waals surface area contributed by atoms with Crippen molar-refractivity contribution in [3.63, 3.8) is 0 Å². The number of benzene rings is 1. The van der Waals surface area contributed by atoms with Crippen LogP contribution in [-0.2, 0) is 13.5 Å². The average Bonchev–Trinajstić information content (AvgIpc) is 2.80. The van der Waals surface area contributed by atoms with Crippen molar-refractivity contribution < 1.29 is 0 Å². The molecule has 0 aliphatic rings. The lowest BCUT2D eigenvalue weighted by Crippen LogP contribution is -2.24. The van der Waals surface area contributed by atoms with E-state index in [0.717, 1.165) is 28.9 Å². The van der Waals surface area contributed by atoms with Crippen molar-refractivity contribution in [1.29, 1.82) is 0 Å². The van der Waals surface area contributed by atoms with E-state index in [4.69, 9.17) is 5.73 Å². The van der Waals surface area contributed by atoms with E-state index >= 15 is 0 Å². The molecule has 3 nitrogen and oxygen atoms in total. The van der Waals surface area contributed by atoms with Gasteiger partial charge in [0.2, 0.25) is 0 Å². The molecule has 2 aromatic rings. The van der Waals surface area contributed by atoms with Gasteiger partial charge in [-0.3, -0.25) is 0 Å². The third-order valence-electron chi connectivity index (χ3n) is 2.92. The summed E-state index contributed by atoms with van der Waals surface area (Å²) in [5.41, 5.74) is 6.16. The van der Waals surface area contributed by atoms with Gasteiger partial charge in [-0.05, 0) is 24.6 Å². The van der Waals surface area contributed by atoms with Crippen LogP contribution in [0.4, 0.5) is 0 Å². The van der Waals surface area contributed by atoms with Crippen molar-refractivity contribution in [3.05, 3.63) is 47.0 Å². The predicted molar refractivity (Wildman–Crippen MR) is 84.4 cm³/mol. The molecule has 5 heteroatoms. The van der Waals surface area contributed by atoms with Crippen LogP contribution in [0.2, 0.25) is 0 Å². The molecule has 0 amide bonds. The fraction of sp³-hybridized carbons (Fsp3) is 0.357. The van der Waals surface area contributed by atoms with Crippen LogP contribution >= 0.6 is 27.7 Å². The summed E-state index contributed by atoms with van der Waals surface area (Å²) in [5, 5.41) is 0. The topological polar surface area (TPSA) is 43.8 Å². The van der Waals surface area contributed by atoms with Gasteiger partial charge in [-0.15, -0.1) is 11.8 Å². The molecular weight excluding hydrogens is 322 g/mol. The monoisotopic (exact) mass is 339 g/mol. The molecule has 0 saturated carbocycles. The molecule has 0 bridgehead atoms. The molecule has 0 spiro atoms. The van der Waals surface area contributed by atoms with Crippen molar-refractivity contribution in [2.75, 3.05) is 5.75 Å². The van der Waals surface area contributed by atoms with E-state index in [-0.39, 0.29) is 6.04 Å². The van der Waals surface area contributed by atoms with Crippen LogP contribution in [0.15, 0.2) is 46.0 Å². The number of rotatable bonds is 6. The molecule has 1 heterocycles. The van der Waals surface area contributed by atoms with Gasteiger partial charge in [-0.2, -0.15) is 0 Å². The van der Waals surface area contributed by atoms with Crippen molar-refractivity contribution >= 4 is 27.7 Å². The van der Waals surface area contributed by atoms with Crippen molar-refractivity contribution in [2.45, 2.75) is 23.8 Å². The number of hydrogen-bond acceptors (Lipinski definition) is 3. The Morgan fingerprint density at radius 1 is 1.47 bits per heavy atom. The molecule has 0 fully saturated rings. The van der Waals surface area contributed by atoms with Gasteiger partial charge in [0.05, 0.1) is 0 Å². The van der Waals surface area contributed by atoms with Crippen LogP contribution in [-0.4, -0.2) is 21.3 Å². The highest BCUT2D eigenvalue weighted by atomic mass is 79.9. The minimum atomic E-state index is 0.195. The van der Waals surface area contributed by atoms with Crippen LogP contribution in [0.1, 0.15) is 12.2 Å². The molecule has 0 saturated heterocycles. The second-order valence-corrected chi connectivity index (χ2v) is 6.53. The average molecular weight is 340 g/mol. The Balaban J connectivity index is 1.76. The third-order valence-corrected chi connectivity index (χ3v) is 4.60. The van der Waals surface area contributed by atoms with E-state index in [1.807, 2.05) is 36.1 Å². The van der Waals surface area contributed by atoms with E-state index < -0.39 is 0 Å². The first-order chi connectivity index (χ1) is 9.15. The van der Waals surface area contributed by atoms with Gasteiger partial charge in [0, 0.05) is 47.0 Å². The van der Waals surface area contributed by atoms with Gasteiger partial charge < -0.3 is 10.3 Å². The van der Waals surface area contributed by atoms with E-state index in [2.05, 4.69) is 33.0 Å². The summed E-state index contributed by atoms with van der Waals surface area (Å²) in [4.78, 5) is 5.56. The maximum atomic E-state index is 6.16. The maximum Gasteiger partial charge on any atom is 0.108 e. The third kappa shape index (κ3) is 4.67. The van der Waals surface area contributed by atoms with E-state index in [9.17, 15) is 0 Å². The SMILES string of the molecule is Cn1ccnc1CCC(N)CSc1cccc(Br)c1. The Bertz CT molecular complexity index is 527. The zero-order valence-electron chi connectivity index (χ0n) is 10.9. The highest BCUT2D eigenvalue weighted by molar-refractivity contribution is 9.10. The highest BCUT2D eigenvalue weighted by Crippen LogP contribution is 2.22. The smallest absolute Gasteiger partial charge is 0.108 e. The number of aryl methyl sites for hydroxylation is 2. The van der Waals surface area contributed by atoms with Crippen molar-refractivity contribution in [3.8, 4) is 0 Å². The second kappa shape index (κ2) is 7.12. The fourth-order valence-corrected chi connectivity index (χ4v) is 3.30. The summed E-state index contributed by atoms with van der Waals surface area (Å²) in [7, 11) is 2.02. The number of hydrogen-bond donors (Lipinski definition) is 1. The Morgan fingerprint density at radius 3 is 3.00 bits per heavy atom. The van der Waals surface area contributed by atoms with Gasteiger partial charge in [-0.25, -0.2) is 4.98 Å². The molecule has 0 aliphatic heterocycles. The Labute approximate surface area is 126 Å². The van der Waals surface area contributed by atoms with Crippen molar-refractivity contribution in [2.24, 2.45) is 12.8 Å². The largest absolute Gasteiger partial charge is 0.338 e. The summed E-state index contributed by atoms with van der Waals surface area (Å²) in [6.45, 7) is 0. The summed E-state index contributed by atoms with van der Waals surface area (Å²) >= 11 is 5.28. The molecule has 1 atom stereocenters. The van der Waals surface area contributed by atoms with Gasteiger partial charge in [-0.1, -0.05) is 22.0 Å². The molecule has 19 heavy (non-hydrogen) atoms. The van der Waals surface area contributed by atoms with E-state index in [1.54, 1.807) is 11.8 Å². The van der Waals surface area contributed by atoms with Crippen LogP contribution in [0.25, 0.3) is 0 Å². The first-order valence-electron chi connectivity index (χ1n) is 6.25. The van der Waals surface area contributed by atoms with Gasteiger partial charge >= 0.3 is 0 Å². The number of nitrogens with zero attached hydrogens (tertiary/aromatic N) is 2. The Morgan fingerprint density at radius 2 is 2.32 bits per heavy atom. The number of imidazole rings is 1. The zero-order chi connectivity index (χ0) is 13.7. The lowest BCUT2D eigenvalue weighted by atomic mass is 10.2. The standard InChI is InChI=1S/C14H18BrN3S/c1-18-8-7-17-14(18)6-5-12(16)10-19-13-4-2-3-11(15)9-13/h2-4,7-9,12H,5-6,10,16H2,1H3. The van der Waals surface area contributed by atoms with Crippen LogP contribution < -0.4 is 5.73 Å². The van der Waals surface area contributed by atoms with Crippen LogP contribution in [0.3, 0.4) is 0 Å². The molecule has 1 aromatic heterocycles. The summed E-state index contributed by atoms with van der Waals surface area (Å²) < 4.78 is 3.16. The lowest BCUT2D eigenvalue weighted by molar-refractivity contribution is 0.639. The fourth-order valence-electron chi connectivity index (χ4n) is 1.80. The summed E-state index contributed by atoms with van der Waals surface area (Å²) in [6.07, 6.45) is 5.70. The number of nitrogens with two attached hydrogens (primary N) is 1. The molecule has 1 aromatic carbocycles. The van der Waals surface area contributed by atoms with Gasteiger partial charge in [0.1, 0.15) is 5.82 Å². The predicted octanol–water partition coefficient (Wildman–Crippen LogP) is 3.23. The Hall–Kier alpha value is -0.780.